The monoisotopic (exact) mass is 390 g/mol. The van der Waals surface area contributed by atoms with Gasteiger partial charge in [0.1, 0.15) is 17.7 Å². The molecule has 3 heterocycles. The average molecular weight is 390 g/mol. The molecule has 152 valence electrons. The molecule has 1 fully saturated rings. The third-order valence-corrected chi connectivity index (χ3v) is 4.96. The lowest BCUT2D eigenvalue weighted by Crippen LogP contribution is -2.44. The van der Waals surface area contributed by atoms with Crippen molar-refractivity contribution >= 4 is 16.9 Å². The van der Waals surface area contributed by atoms with Gasteiger partial charge in [0, 0.05) is 32.0 Å². The number of aromatic nitrogens is 3. The van der Waals surface area contributed by atoms with Crippen LogP contribution in [0.25, 0.3) is 11.0 Å². The van der Waals surface area contributed by atoms with Gasteiger partial charge in [-0.3, -0.25) is 14.2 Å². The Labute approximate surface area is 162 Å². The van der Waals surface area contributed by atoms with Gasteiger partial charge in [0.15, 0.2) is 5.65 Å². The highest BCUT2D eigenvalue weighted by molar-refractivity contribution is 5.83. The summed E-state index contributed by atoms with van der Waals surface area (Å²) < 4.78 is 13.1. The summed E-state index contributed by atoms with van der Waals surface area (Å²) in [6.45, 7) is 2.71. The summed E-state index contributed by atoms with van der Waals surface area (Å²) >= 11 is 0. The minimum atomic E-state index is -0.595. The quantitative estimate of drug-likeness (QED) is 0.732. The molecule has 2 aromatic rings. The zero-order valence-corrected chi connectivity index (χ0v) is 16.5. The van der Waals surface area contributed by atoms with Crippen molar-refractivity contribution in [2.24, 2.45) is 7.05 Å². The smallest absolute Gasteiger partial charge is 0.332 e. The van der Waals surface area contributed by atoms with E-state index >= 15 is 0 Å². The topological polar surface area (TPSA) is 104 Å². The van der Waals surface area contributed by atoms with Gasteiger partial charge in [0.25, 0.3) is 5.56 Å². The predicted octanol–water partition coefficient (Wildman–Crippen LogP) is 0.352. The van der Waals surface area contributed by atoms with Crippen LogP contribution in [0, 0.1) is 0 Å². The van der Waals surface area contributed by atoms with Gasteiger partial charge < -0.3 is 14.8 Å². The Morgan fingerprint density at radius 1 is 1.43 bits per heavy atom. The third kappa shape index (κ3) is 3.80. The molecule has 3 rings (SSSR count). The molecule has 0 aliphatic carbocycles. The molecule has 1 aliphatic rings. The normalized spacial score (nSPS) is 16.5. The van der Waals surface area contributed by atoms with Gasteiger partial charge >= 0.3 is 5.69 Å². The first kappa shape index (κ1) is 20.1. The Hall–Kier alpha value is -2.68. The van der Waals surface area contributed by atoms with E-state index in [9.17, 15) is 14.4 Å². The van der Waals surface area contributed by atoms with Crippen molar-refractivity contribution in [3.8, 4) is 5.75 Å². The minimum absolute atomic E-state index is 0.0130. The van der Waals surface area contributed by atoms with Crippen LogP contribution in [0.2, 0.25) is 0 Å². The first-order chi connectivity index (χ1) is 13.5. The van der Waals surface area contributed by atoms with Crippen molar-refractivity contribution in [1.82, 2.24) is 19.4 Å². The molecule has 0 bridgehead atoms. The van der Waals surface area contributed by atoms with Crippen LogP contribution < -0.4 is 21.3 Å². The van der Waals surface area contributed by atoms with Gasteiger partial charge in [-0.05, 0) is 19.3 Å². The first-order valence-corrected chi connectivity index (χ1v) is 9.51. The fraction of sp³-hybridized carbons (Fsp3) is 0.579. The van der Waals surface area contributed by atoms with Gasteiger partial charge in [-0.15, -0.1) is 0 Å². The Morgan fingerprint density at radius 3 is 2.86 bits per heavy atom. The molecule has 1 unspecified atom stereocenters. The van der Waals surface area contributed by atoms with Crippen molar-refractivity contribution in [2.45, 2.75) is 45.3 Å². The van der Waals surface area contributed by atoms with E-state index in [1.54, 1.807) is 6.20 Å². The van der Waals surface area contributed by atoms with Crippen LogP contribution in [0.5, 0.6) is 5.75 Å². The lowest BCUT2D eigenvalue weighted by molar-refractivity contribution is -0.122. The third-order valence-electron chi connectivity index (χ3n) is 4.96. The number of nitrogens with zero attached hydrogens (tertiary/aromatic N) is 3. The summed E-state index contributed by atoms with van der Waals surface area (Å²) in [5, 5.41) is 2.95. The molecular weight excluding hydrogens is 364 g/mol. The Balaban J connectivity index is 1.98. The van der Waals surface area contributed by atoms with Crippen LogP contribution in [-0.4, -0.2) is 46.4 Å². The van der Waals surface area contributed by atoms with Crippen molar-refractivity contribution in [3.63, 3.8) is 0 Å². The van der Waals surface area contributed by atoms with Gasteiger partial charge in [0.05, 0.1) is 13.2 Å². The molecule has 9 nitrogen and oxygen atoms in total. The molecule has 1 atom stereocenters. The number of fused-ring (bicyclic) bond motifs is 1. The van der Waals surface area contributed by atoms with Gasteiger partial charge in [-0.1, -0.05) is 13.3 Å². The molecule has 9 heteroatoms. The number of carbonyl (C=O) groups is 1. The molecule has 28 heavy (non-hydrogen) atoms. The molecule has 0 aromatic carbocycles. The first-order valence-electron chi connectivity index (χ1n) is 9.51. The highest BCUT2D eigenvalue weighted by atomic mass is 16.5. The van der Waals surface area contributed by atoms with Crippen LogP contribution in [-0.2, 0) is 29.5 Å². The highest BCUT2D eigenvalue weighted by Gasteiger charge is 2.21. The van der Waals surface area contributed by atoms with E-state index < -0.39 is 17.2 Å². The molecule has 0 radical (unpaired) electrons. The van der Waals surface area contributed by atoms with Crippen LogP contribution in [0.1, 0.15) is 31.7 Å². The Kier molecular flexibility index (Phi) is 6.13. The molecule has 1 amide bonds. The summed E-state index contributed by atoms with van der Waals surface area (Å²) in [6, 6.07) is 0. The number of amides is 1. The molecule has 1 aliphatic heterocycles. The second-order valence-electron chi connectivity index (χ2n) is 6.94. The standard InChI is InChI=1S/C19H26N4O5/c1-4-6-12-9-21-17-15(16(12)27-3)18(25)23(19(26)22(17)2)11-14(24)20-10-13-7-5-8-28-13/h9,13H,4-8,10-11H2,1-3H3,(H,20,24). The highest BCUT2D eigenvalue weighted by Crippen LogP contribution is 2.25. The van der Waals surface area contributed by atoms with E-state index in [2.05, 4.69) is 10.3 Å². The van der Waals surface area contributed by atoms with Crippen LogP contribution in [0.4, 0.5) is 0 Å². The van der Waals surface area contributed by atoms with Gasteiger partial charge in [0.2, 0.25) is 5.91 Å². The number of aryl methyl sites for hydroxylation is 2. The number of ether oxygens (including phenoxy) is 2. The van der Waals surface area contributed by atoms with E-state index in [-0.39, 0.29) is 23.7 Å². The number of hydrogen-bond donors (Lipinski definition) is 1. The molecule has 0 spiro atoms. The lowest BCUT2D eigenvalue weighted by Gasteiger charge is -2.15. The fourth-order valence-electron chi connectivity index (χ4n) is 3.52. The average Bonchev–Trinajstić information content (AvgIpc) is 3.21. The zero-order valence-electron chi connectivity index (χ0n) is 16.5. The van der Waals surface area contributed by atoms with E-state index in [0.717, 1.165) is 29.4 Å². The largest absolute Gasteiger partial charge is 0.495 e. The van der Waals surface area contributed by atoms with Crippen LogP contribution in [0.3, 0.4) is 0 Å². The maximum absolute atomic E-state index is 13.1. The summed E-state index contributed by atoms with van der Waals surface area (Å²) in [7, 11) is 3.01. The second-order valence-corrected chi connectivity index (χ2v) is 6.94. The number of rotatable bonds is 7. The van der Waals surface area contributed by atoms with Crippen molar-refractivity contribution < 1.29 is 14.3 Å². The number of methoxy groups -OCH3 is 1. The summed E-state index contributed by atoms with van der Waals surface area (Å²) in [6.07, 6.45) is 5.02. The van der Waals surface area contributed by atoms with E-state index in [4.69, 9.17) is 9.47 Å². The van der Waals surface area contributed by atoms with Crippen molar-refractivity contribution in [2.75, 3.05) is 20.3 Å². The Bertz CT molecular complexity index is 988. The summed E-state index contributed by atoms with van der Waals surface area (Å²) in [4.78, 5) is 42.3. The maximum Gasteiger partial charge on any atom is 0.332 e. The zero-order chi connectivity index (χ0) is 20.3. The molecule has 1 saturated heterocycles. The van der Waals surface area contributed by atoms with Crippen LogP contribution >= 0.6 is 0 Å². The number of pyridine rings is 1. The fourth-order valence-corrected chi connectivity index (χ4v) is 3.52. The molecule has 0 saturated carbocycles. The lowest BCUT2D eigenvalue weighted by atomic mass is 10.1. The summed E-state index contributed by atoms with van der Waals surface area (Å²) in [5.74, 6) is -0.00773. The maximum atomic E-state index is 13.1. The SMILES string of the molecule is CCCc1cnc2c(c1OC)c(=O)n(CC(=O)NCC1CCCO1)c(=O)n2C. The van der Waals surface area contributed by atoms with Gasteiger partial charge in [-0.25, -0.2) is 14.3 Å². The van der Waals surface area contributed by atoms with Crippen LogP contribution in [0.15, 0.2) is 15.8 Å². The van der Waals surface area contributed by atoms with Crippen molar-refractivity contribution in [1.29, 1.82) is 0 Å². The van der Waals surface area contributed by atoms with E-state index in [1.807, 2.05) is 6.92 Å². The summed E-state index contributed by atoms with van der Waals surface area (Å²) in [5.41, 5.74) is -0.138. The minimum Gasteiger partial charge on any atom is -0.495 e. The molecule has 2 aromatic heterocycles. The van der Waals surface area contributed by atoms with Crippen molar-refractivity contribution in [3.05, 3.63) is 32.6 Å². The molecular formula is C19H26N4O5. The van der Waals surface area contributed by atoms with Gasteiger partial charge in [-0.2, -0.15) is 0 Å². The van der Waals surface area contributed by atoms with E-state index in [1.165, 1.54) is 18.7 Å². The molecule has 1 N–H and O–H groups in total. The Morgan fingerprint density at radius 2 is 2.21 bits per heavy atom. The number of carbonyl (C=O) groups excluding carboxylic acids is 1. The number of nitrogens with one attached hydrogen (secondary N) is 1. The number of hydrogen-bond acceptors (Lipinski definition) is 6. The predicted molar refractivity (Wildman–Crippen MR) is 104 cm³/mol. The van der Waals surface area contributed by atoms with E-state index in [0.29, 0.717) is 25.3 Å². The second kappa shape index (κ2) is 8.55.